The third kappa shape index (κ3) is 29.1. The van der Waals surface area contributed by atoms with Gasteiger partial charge in [-0.2, -0.15) is 0 Å². The molecule has 9 amide bonds. The van der Waals surface area contributed by atoms with Gasteiger partial charge in [-0.3, -0.25) is 43.2 Å². The Morgan fingerprint density at radius 2 is 0.733 bits per heavy atom. The van der Waals surface area contributed by atoms with Crippen LogP contribution in [0.4, 0.5) is 0 Å². The van der Waals surface area contributed by atoms with Crippen LogP contribution in [0.5, 0.6) is 0 Å². The smallest absolute Gasteiger partial charge is 0.243 e. The van der Waals surface area contributed by atoms with Crippen LogP contribution < -0.4 is 48.3 Å². The fourth-order valence-electron chi connectivity index (χ4n) is 10.2. The third-order valence-corrected chi connectivity index (χ3v) is 15.2. The molecule has 3 rings (SSSR count). The van der Waals surface area contributed by atoms with E-state index < -0.39 is 165 Å². The third-order valence-electron chi connectivity index (χ3n) is 15.2. The van der Waals surface area contributed by atoms with Crippen molar-refractivity contribution < 1.29 is 118 Å². The van der Waals surface area contributed by atoms with Crippen molar-refractivity contribution in [2.45, 2.75) is 247 Å². The average molecular weight is 1300 g/mol. The van der Waals surface area contributed by atoms with E-state index in [4.69, 9.17) is 34.2 Å². The molecule has 0 bridgehead atoms. The Hall–Kier alpha value is -5.37. The molecule has 8 unspecified atom stereocenters. The number of aliphatic hydroxyl groups excluding tert-OH is 9. The number of carbonyl (C=O) groups is 9. The van der Waals surface area contributed by atoms with E-state index in [0.717, 1.165) is 0 Å². The van der Waals surface area contributed by atoms with Gasteiger partial charge in [0, 0.05) is 85.9 Å². The Bertz CT molecular complexity index is 2190. The van der Waals surface area contributed by atoms with E-state index in [2.05, 4.69) is 42.5 Å². The molecule has 3 aliphatic rings. The van der Waals surface area contributed by atoms with Gasteiger partial charge in [0.2, 0.25) is 53.2 Å². The molecule has 0 aliphatic carbocycles. The molecule has 33 heteroatoms. The minimum Gasteiger partial charge on any atom is -0.394 e. The van der Waals surface area contributed by atoms with Crippen LogP contribution in [0.15, 0.2) is 0 Å². The minimum atomic E-state index is -1.52. The molecule has 3 aliphatic heterocycles. The van der Waals surface area contributed by atoms with Crippen molar-refractivity contribution in [1.82, 2.24) is 42.5 Å². The zero-order valence-electron chi connectivity index (χ0n) is 51.8. The van der Waals surface area contributed by atoms with E-state index in [-0.39, 0.29) is 103 Å². The number of rotatable bonds is 44. The summed E-state index contributed by atoms with van der Waals surface area (Å²) >= 11 is 0. The molecule has 0 radical (unpaired) electrons. The molecule has 3 saturated heterocycles. The molecule has 0 aromatic carbocycles. The summed E-state index contributed by atoms with van der Waals surface area (Å²) in [5.74, 6) is -4.26. The van der Waals surface area contributed by atoms with E-state index >= 15 is 0 Å². The summed E-state index contributed by atoms with van der Waals surface area (Å²) in [6, 6.07) is -5.63. The van der Waals surface area contributed by atoms with Gasteiger partial charge >= 0.3 is 0 Å². The Morgan fingerprint density at radius 3 is 1.09 bits per heavy atom. The first-order valence-electron chi connectivity index (χ1n) is 31.1. The zero-order chi connectivity index (χ0) is 66.7. The molecule has 19 N–H and O–H groups in total. The molecular weight excluding hydrogens is 1190 g/mol. The molecule has 90 heavy (non-hydrogen) atoms. The average Bonchev–Trinajstić information content (AvgIpc) is 1.34. The second-order valence-electron chi connectivity index (χ2n) is 22.7. The van der Waals surface area contributed by atoms with Crippen molar-refractivity contribution in [3.63, 3.8) is 0 Å². The summed E-state index contributed by atoms with van der Waals surface area (Å²) in [6.45, 7) is 2.50. The lowest BCUT2D eigenvalue weighted by Gasteiger charge is -2.42. The number of nitrogens with two attached hydrogens (primary N) is 1. The summed E-state index contributed by atoms with van der Waals surface area (Å²) in [5.41, 5.74) is 5.26. The molecular formula is C57H101N9O24. The Morgan fingerprint density at radius 1 is 0.400 bits per heavy atom. The summed E-state index contributed by atoms with van der Waals surface area (Å²) < 4.78 is 33.9. The van der Waals surface area contributed by atoms with Crippen molar-refractivity contribution in [2.24, 2.45) is 5.73 Å². The standard InChI is InChI=1S/C57H101N9O24/c1-32(70)62-44-50(80)47(77)37(29-67)88-55(44)85-26-14-8-20-41(74)59-23-12-6-17-35(53(83)61-25-11-4-5-19-40(58)73)66-54(84)36(65-43(76)22-10-16-28-87-57-46(64-34(3)72)52(82)49(79)39(31-69)90-57)18-7-13-24-60-42(75)21-9-15-27-86-56-45(63-33(2)71)51(81)48(78)38(30-68)89-56/h35-39,44-52,55-57,67-69,77-82H,4-31H2,1-3H3,(H2,58,73)(H,59,74)(H,60,75)(H,61,83)(H,62,70)(H,63,71)(H,64,72)(H,65,76)(H,66,84)/t35?,36?,37?,38?,39?,44-,45-,46-,47-,48-,49-,50?,51?,52?,55+,56+,57+/m0/s1. The van der Waals surface area contributed by atoms with E-state index in [1.165, 1.54) is 20.8 Å². The summed E-state index contributed by atoms with van der Waals surface area (Å²) in [5, 5.41) is 113. The number of ether oxygens (including phenoxy) is 6. The number of hydrogen-bond donors (Lipinski definition) is 18. The van der Waals surface area contributed by atoms with Crippen molar-refractivity contribution in [2.75, 3.05) is 59.3 Å². The predicted molar refractivity (Wildman–Crippen MR) is 314 cm³/mol. The molecule has 0 aromatic heterocycles. The quantitative estimate of drug-likeness (QED) is 0.0253. The Kier molecular flexibility index (Phi) is 38.1. The fourth-order valence-corrected chi connectivity index (χ4v) is 10.2. The van der Waals surface area contributed by atoms with Crippen LogP contribution >= 0.6 is 0 Å². The maximum atomic E-state index is 14.2. The van der Waals surface area contributed by atoms with Crippen LogP contribution in [0.2, 0.25) is 0 Å². The van der Waals surface area contributed by atoms with Gasteiger partial charge in [-0.15, -0.1) is 0 Å². The first-order valence-corrected chi connectivity index (χ1v) is 31.1. The first kappa shape index (κ1) is 78.9. The largest absolute Gasteiger partial charge is 0.394 e. The summed E-state index contributed by atoms with van der Waals surface area (Å²) in [7, 11) is 0. The van der Waals surface area contributed by atoms with Gasteiger partial charge in [0.1, 0.15) is 85.1 Å². The lowest BCUT2D eigenvalue weighted by molar-refractivity contribution is -0.270. The van der Waals surface area contributed by atoms with Crippen LogP contribution in [0.3, 0.4) is 0 Å². The first-order chi connectivity index (χ1) is 42.9. The number of amides is 9. The molecule has 33 nitrogen and oxygen atoms in total. The molecule has 17 atom stereocenters. The lowest BCUT2D eigenvalue weighted by Crippen LogP contribution is -2.64. The van der Waals surface area contributed by atoms with Crippen LogP contribution in [0.25, 0.3) is 0 Å². The van der Waals surface area contributed by atoms with E-state index in [0.29, 0.717) is 70.6 Å². The highest BCUT2D eigenvalue weighted by molar-refractivity contribution is 5.92. The Balaban J connectivity index is 1.60. The highest BCUT2D eigenvalue weighted by Crippen LogP contribution is 2.26. The number of hydrogen-bond acceptors (Lipinski definition) is 24. The maximum absolute atomic E-state index is 14.2. The van der Waals surface area contributed by atoms with Crippen molar-refractivity contribution in [3.05, 3.63) is 0 Å². The maximum Gasteiger partial charge on any atom is 0.243 e. The number of carbonyl (C=O) groups excluding carboxylic acids is 9. The van der Waals surface area contributed by atoms with Gasteiger partial charge in [-0.05, 0) is 89.9 Å². The summed E-state index contributed by atoms with van der Waals surface area (Å²) in [4.78, 5) is 114. The van der Waals surface area contributed by atoms with Crippen molar-refractivity contribution in [3.8, 4) is 0 Å². The molecule has 3 fully saturated rings. The second-order valence-corrected chi connectivity index (χ2v) is 22.7. The minimum absolute atomic E-state index is 0.0358. The van der Waals surface area contributed by atoms with Gasteiger partial charge in [0.15, 0.2) is 18.9 Å². The van der Waals surface area contributed by atoms with E-state index in [9.17, 15) is 89.1 Å². The highest BCUT2D eigenvalue weighted by atomic mass is 16.7. The number of primary amides is 1. The highest BCUT2D eigenvalue weighted by Gasteiger charge is 2.48. The van der Waals surface area contributed by atoms with Crippen LogP contribution in [0, 0.1) is 0 Å². The van der Waals surface area contributed by atoms with Gasteiger partial charge < -0.3 is 123 Å². The van der Waals surface area contributed by atoms with E-state index in [1.54, 1.807) is 0 Å². The van der Waals surface area contributed by atoms with Gasteiger partial charge in [0.25, 0.3) is 0 Å². The zero-order valence-corrected chi connectivity index (χ0v) is 51.8. The number of aliphatic hydroxyl groups is 9. The molecule has 0 aromatic rings. The number of nitrogens with one attached hydrogen (secondary N) is 8. The normalized spacial score (nSPS) is 27.3. The van der Waals surface area contributed by atoms with Crippen LogP contribution in [0.1, 0.15) is 143 Å². The van der Waals surface area contributed by atoms with Gasteiger partial charge in [-0.25, -0.2) is 0 Å². The topological polar surface area (TPSA) is 513 Å². The lowest BCUT2D eigenvalue weighted by atomic mass is 9.97. The SMILES string of the molecule is CC(=O)N[C@H]1C(O)[C@@H](O)C(CO)O[C@H]1OCCCCC(=O)NCCCCC(NC(=O)CCCCO[C@@H]1OC(CO)[C@H](O)C(O)[C@@H]1NC(C)=O)C(=O)NC(CCCCNC(=O)CCCCO[C@@H]1OC(CO)[C@H](O)C(O)[C@@H]1NC(C)=O)C(=O)NCCCCCC(N)=O. The van der Waals surface area contributed by atoms with Crippen LogP contribution in [-0.2, 0) is 71.6 Å². The fraction of sp³-hybridized carbons (Fsp3) is 0.842. The van der Waals surface area contributed by atoms with Crippen molar-refractivity contribution in [1.29, 1.82) is 0 Å². The molecule has 0 saturated carbocycles. The molecule has 0 spiro atoms. The van der Waals surface area contributed by atoms with Gasteiger partial charge in [-0.1, -0.05) is 6.42 Å². The Labute approximate surface area is 523 Å². The summed E-state index contributed by atoms with van der Waals surface area (Å²) in [6.07, 6.45) is -10.5. The van der Waals surface area contributed by atoms with Crippen molar-refractivity contribution >= 4 is 53.2 Å². The van der Waals surface area contributed by atoms with Crippen LogP contribution in [-0.4, -0.2) is 262 Å². The molecule has 3 heterocycles. The monoisotopic (exact) mass is 1300 g/mol. The number of unbranched alkanes of at least 4 members (excludes halogenated alkanes) is 7. The second kappa shape index (κ2) is 43.5. The van der Waals surface area contributed by atoms with Gasteiger partial charge in [0.05, 0.1) is 19.8 Å². The predicted octanol–water partition coefficient (Wildman–Crippen LogP) is -5.92. The molecule has 518 valence electrons. The van der Waals surface area contributed by atoms with E-state index in [1.807, 2.05) is 0 Å².